The molecule has 0 aliphatic rings. The molecule has 8 heteroatoms. The van der Waals surface area contributed by atoms with Gasteiger partial charge in [-0.05, 0) is 18.1 Å². The molecule has 0 aliphatic heterocycles. The summed E-state index contributed by atoms with van der Waals surface area (Å²) >= 11 is 4.78. The maximum absolute atomic E-state index is 12.7. The molecule has 0 aliphatic carbocycles. The topological polar surface area (TPSA) is 63.4 Å². The van der Waals surface area contributed by atoms with Gasteiger partial charge in [0.1, 0.15) is 0 Å². The molecule has 0 atom stereocenters. The van der Waals surface area contributed by atoms with E-state index in [4.69, 9.17) is 18.0 Å². The first-order chi connectivity index (χ1) is 10.3. The first-order valence-electron chi connectivity index (χ1n) is 6.89. The second-order valence-corrected chi connectivity index (χ2v) is 7.45. The summed E-state index contributed by atoms with van der Waals surface area (Å²) < 4.78 is 51.5. The van der Waals surface area contributed by atoms with Crippen LogP contribution in [0.1, 0.15) is 37.3 Å². The fourth-order valence-corrected chi connectivity index (χ4v) is 3.71. The molecule has 1 aromatic rings. The van der Waals surface area contributed by atoms with Gasteiger partial charge in [0, 0.05) is 12.1 Å². The second-order valence-electron chi connectivity index (χ2n) is 4.96. The average molecular weight is 350 g/mol. The van der Waals surface area contributed by atoms with Gasteiger partial charge in [-0.3, -0.25) is 0 Å². The highest BCUT2D eigenvalue weighted by molar-refractivity contribution is 7.88. The Kier molecular flexibility index (Phi) is 7.31. The van der Waals surface area contributed by atoms with Crippen LogP contribution in [0, 0.1) is 0 Å². The van der Waals surface area contributed by atoms with Crippen molar-refractivity contribution < 1.29 is 17.2 Å². The Balaban J connectivity index is 2.95. The molecule has 0 fully saturated rings. The Labute approximate surface area is 135 Å². The van der Waals surface area contributed by atoms with Crippen LogP contribution >= 0.6 is 12.2 Å². The average Bonchev–Trinajstić information content (AvgIpc) is 2.42. The van der Waals surface area contributed by atoms with Crippen LogP contribution in [0.3, 0.4) is 0 Å². The van der Waals surface area contributed by atoms with Crippen molar-refractivity contribution >= 4 is 27.2 Å². The van der Waals surface area contributed by atoms with Crippen molar-refractivity contribution in [3.05, 3.63) is 35.4 Å². The highest BCUT2D eigenvalue weighted by atomic mass is 32.2. The van der Waals surface area contributed by atoms with E-state index in [9.17, 15) is 17.2 Å². The Hall–Kier alpha value is -1.12. The monoisotopic (exact) mass is 350 g/mol. The molecule has 4 nitrogen and oxygen atoms in total. The maximum Gasteiger partial charge on any atom is 0.263 e. The molecule has 0 bridgehead atoms. The van der Waals surface area contributed by atoms with Crippen LogP contribution in [0.2, 0.25) is 0 Å². The fourth-order valence-electron chi connectivity index (χ4n) is 1.95. The molecule has 0 saturated carbocycles. The summed E-state index contributed by atoms with van der Waals surface area (Å²) in [6, 6.07) is 5.42. The number of hydrogen-bond acceptors (Lipinski definition) is 3. The molecule has 0 heterocycles. The van der Waals surface area contributed by atoms with Gasteiger partial charge >= 0.3 is 0 Å². The summed E-state index contributed by atoms with van der Waals surface area (Å²) in [7, 11) is -3.66. The first-order valence-corrected chi connectivity index (χ1v) is 8.91. The summed E-state index contributed by atoms with van der Waals surface area (Å²) in [5.41, 5.74) is 5.57. The minimum Gasteiger partial charge on any atom is -0.392 e. The predicted molar refractivity (Wildman–Crippen MR) is 87.3 cm³/mol. The van der Waals surface area contributed by atoms with E-state index < -0.39 is 16.4 Å². The van der Waals surface area contributed by atoms with Crippen LogP contribution < -0.4 is 5.73 Å². The molecule has 0 radical (unpaired) electrons. The van der Waals surface area contributed by atoms with Gasteiger partial charge in [-0.2, -0.15) is 4.31 Å². The Bertz CT molecular complexity index is 607. The lowest BCUT2D eigenvalue weighted by Gasteiger charge is -2.21. The Morgan fingerprint density at radius 1 is 1.41 bits per heavy atom. The summed E-state index contributed by atoms with van der Waals surface area (Å²) in [4.78, 5) is 0.0843. The van der Waals surface area contributed by atoms with Crippen LogP contribution in [0.15, 0.2) is 24.3 Å². The number of nitrogens with zero attached hydrogens (tertiary/aromatic N) is 1. The highest BCUT2D eigenvalue weighted by Crippen LogP contribution is 2.21. The number of rotatable bonds is 9. The van der Waals surface area contributed by atoms with Crippen molar-refractivity contribution in [1.29, 1.82) is 0 Å². The van der Waals surface area contributed by atoms with E-state index in [0.29, 0.717) is 18.5 Å². The van der Waals surface area contributed by atoms with E-state index in [2.05, 4.69) is 0 Å². The maximum atomic E-state index is 12.7. The number of sulfonamides is 1. The minimum atomic E-state index is -3.66. The molecule has 0 aromatic heterocycles. The summed E-state index contributed by atoms with van der Waals surface area (Å²) in [6.07, 6.45) is -1.13. The van der Waals surface area contributed by atoms with E-state index in [-0.39, 0.29) is 22.8 Å². The third-order valence-corrected chi connectivity index (χ3v) is 4.96. The second kappa shape index (κ2) is 8.50. The van der Waals surface area contributed by atoms with E-state index in [1.165, 1.54) is 28.6 Å². The van der Waals surface area contributed by atoms with Crippen molar-refractivity contribution in [3.8, 4) is 0 Å². The molecule has 2 N–H and O–H groups in total. The first kappa shape index (κ1) is 18.9. The number of nitrogens with two attached hydrogens (primary N) is 1. The quantitative estimate of drug-likeness (QED) is 0.696. The molecule has 0 spiro atoms. The fraction of sp³-hybridized carbons (Fsp3) is 0.500. The summed E-state index contributed by atoms with van der Waals surface area (Å²) in [5.74, 6) is -0.347. The standard InChI is InChI=1S/C14H20F2N2O2S2/c1-2-3-7-18(9-13(17)21)22(19,20)10-11-5-4-6-12(8-11)14(15)16/h4-6,8,14H,2-3,7,9-10H2,1H3,(H2,17,21). The van der Waals surface area contributed by atoms with Crippen molar-refractivity contribution in [2.45, 2.75) is 31.9 Å². The molecule has 22 heavy (non-hydrogen) atoms. The van der Waals surface area contributed by atoms with E-state index in [1.807, 2.05) is 6.92 Å². The minimum absolute atomic E-state index is 0.0355. The molecule has 1 rings (SSSR count). The molecule has 1 aromatic carbocycles. The molecular formula is C14H20F2N2O2S2. The van der Waals surface area contributed by atoms with Crippen LogP contribution in [0.4, 0.5) is 8.78 Å². The zero-order valence-electron chi connectivity index (χ0n) is 12.3. The van der Waals surface area contributed by atoms with Gasteiger partial charge in [-0.1, -0.05) is 43.8 Å². The molecule has 0 amide bonds. The smallest absolute Gasteiger partial charge is 0.263 e. The van der Waals surface area contributed by atoms with Crippen LogP contribution in [0.25, 0.3) is 0 Å². The van der Waals surface area contributed by atoms with E-state index in [1.54, 1.807) is 0 Å². The van der Waals surface area contributed by atoms with E-state index >= 15 is 0 Å². The zero-order valence-corrected chi connectivity index (χ0v) is 14.0. The lowest BCUT2D eigenvalue weighted by molar-refractivity contribution is 0.151. The number of hydrogen-bond donors (Lipinski definition) is 1. The number of halogens is 2. The van der Waals surface area contributed by atoms with Gasteiger partial charge in [0.05, 0.1) is 17.3 Å². The van der Waals surface area contributed by atoms with Crippen molar-refractivity contribution in [2.24, 2.45) is 5.73 Å². The van der Waals surface area contributed by atoms with Gasteiger partial charge in [0.2, 0.25) is 10.0 Å². The zero-order chi connectivity index (χ0) is 16.8. The van der Waals surface area contributed by atoms with Crippen molar-refractivity contribution in [3.63, 3.8) is 0 Å². The molecule has 124 valence electrons. The SMILES string of the molecule is CCCCN(CC(N)=S)S(=O)(=O)Cc1cccc(C(F)F)c1. The lowest BCUT2D eigenvalue weighted by atomic mass is 10.1. The van der Waals surface area contributed by atoms with Gasteiger partial charge in [0.15, 0.2) is 0 Å². The Morgan fingerprint density at radius 2 is 2.09 bits per heavy atom. The van der Waals surface area contributed by atoms with Crippen LogP contribution in [-0.4, -0.2) is 30.8 Å². The van der Waals surface area contributed by atoms with Crippen molar-refractivity contribution in [1.82, 2.24) is 4.31 Å². The van der Waals surface area contributed by atoms with Gasteiger partial charge < -0.3 is 5.73 Å². The lowest BCUT2D eigenvalue weighted by Crippen LogP contribution is -2.39. The summed E-state index contributed by atoms with van der Waals surface area (Å²) in [5, 5.41) is 0. The van der Waals surface area contributed by atoms with E-state index in [0.717, 1.165) is 6.42 Å². The predicted octanol–water partition coefficient (Wildman–Crippen LogP) is 2.84. The van der Waals surface area contributed by atoms with Gasteiger partial charge in [-0.25, -0.2) is 17.2 Å². The van der Waals surface area contributed by atoms with Crippen molar-refractivity contribution in [2.75, 3.05) is 13.1 Å². The van der Waals surface area contributed by atoms with Gasteiger partial charge in [0.25, 0.3) is 6.43 Å². The number of unbranched alkanes of at least 4 members (excludes halogenated alkanes) is 1. The highest BCUT2D eigenvalue weighted by Gasteiger charge is 2.23. The number of alkyl halides is 2. The third-order valence-electron chi connectivity index (χ3n) is 3.04. The third kappa shape index (κ3) is 5.94. The molecule has 0 saturated heterocycles. The molecule has 0 unspecified atom stereocenters. The van der Waals surface area contributed by atoms with Gasteiger partial charge in [-0.15, -0.1) is 0 Å². The Morgan fingerprint density at radius 3 is 2.64 bits per heavy atom. The van der Waals surface area contributed by atoms with Crippen LogP contribution in [-0.2, 0) is 15.8 Å². The summed E-state index contributed by atoms with van der Waals surface area (Å²) in [6.45, 7) is 2.22. The normalized spacial score (nSPS) is 12.0. The largest absolute Gasteiger partial charge is 0.392 e. The van der Waals surface area contributed by atoms with Crippen LogP contribution in [0.5, 0.6) is 0 Å². The molecular weight excluding hydrogens is 330 g/mol. The number of thiocarbonyl (C=S) groups is 1. The number of benzene rings is 1.